The van der Waals surface area contributed by atoms with Crippen molar-refractivity contribution in [2.75, 3.05) is 0 Å². The van der Waals surface area contributed by atoms with Crippen LogP contribution in [0.15, 0.2) is 121 Å². The van der Waals surface area contributed by atoms with E-state index in [9.17, 15) is 13.2 Å². The maximum absolute atomic E-state index is 13.9. The Hall–Kier alpha value is -4.93. The van der Waals surface area contributed by atoms with Crippen molar-refractivity contribution in [2.24, 2.45) is 0 Å². The lowest BCUT2D eigenvalue weighted by molar-refractivity contribution is 0.0927. The van der Waals surface area contributed by atoms with E-state index in [0.717, 1.165) is 42.4 Å². The summed E-state index contributed by atoms with van der Waals surface area (Å²) in [6.45, 7) is 0.286. The van der Waals surface area contributed by atoms with Crippen LogP contribution in [-0.4, -0.2) is 39.6 Å². The highest BCUT2D eigenvalue weighted by Gasteiger charge is 2.25. The Morgan fingerprint density at radius 1 is 0.761 bits per heavy atom. The van der Waals surface area contributed by atoms with E-state index in [1.54, 1.807) is 55.1 Å². The maximum Gasteiger partial charge on any atom is 0.254 e. The number of amides is 1. The average molecular weight is 634 g/mol. The van der Waals surface area contributed by atoms with Crippen molar-refractivity contribution in [1.82, 2.24) is 24.6 Å². The first-order valence-corrected chi connectivity index (χ1v) is 16.8. The van der Waals surface area contributed by atoms with Crippen LogP contribution in [0.25, 0.3) is 11.4 Å². The van der Waals surface area contributed by atoms with Crippen molar-refractivity contribution in [3.8, 4) is 22.9 Å². The fourth-order valence-corrected chi connectivity index (χ4v) is 6.86. The molecule has 2 heterocycles. The van der Waals surface area contributed by atoms with E-state index < -0.39 is 10.0 Å². The number of benzene rings is 3. The molecule has 1 saturated carbocycles. The molecule has 1 N–H and O–H groups in total. The fourth-order valence-electron chi connectivity index (χ4n) is 5.45. The molecule has 9 nitrogen and oxygen atoms in total. The molecule has 1 fully saturated rings. The second-order valence-corrected chi connectivity index (χ2v) is 13.3. The number of ether oxygens (including phenoxy) is 1. The van der Waals surface area contributed by atoms with E-state index in [2.05, 4.69) is 20.3 Å². The second kappa shape index (κ2) is 14.4. The molecule has 0 unspecified atom stereocenters. The van der Waals surface area contributed by atoms with E-state index in [4.69, 9.17) is 4.74 Å². The monoisotopic (exact) mass is 633 g/mol. The molecule has 3 aromatic carbocycles. The first kappa shape index (κ1) is 31.1. The van der Waals surface area contributed by atoms with Gasteiger partial charge in [-0.1, -0.05) is 67.8 Å². The number of hydrogen-bond acceptors (Lipinski definition) is 7. The molecule has 1 aliphatic rings. The van der Waals surface area contributed by atoms with Crippen molar-refractivity contribution in [2.45, 2.75) is 56.1 Å². The summed E-state index contributed by atoms with van der Waals surface area (Å²) >= 11 is 0. The van der Waals surface area contributed by atoms with Crippen LogP contribution in [0, 0.1) is 0 Å². The summed E-state index contributed by atoms with van der Waals surface area (Å²) in [6, 6.07) is 27.0. The van der Waals surface area contributed by atoms with Gasteiger partial charge < -0.3 is 10.1 Å². The first-order chi connectivity index (χ1) is 22.4. The molecule has 0 aliphatic heterocycles. The molecule has 0 bridgehead atoms. The summed E-state index contributed by atoms with van der Waals surface area (Å²) < 4.78 is 35.1. The summed E-state index contributed by atoms with van der Waals surface area (Å²) in [5, 5.41) is 3.09. The highest BCUT2D eigenvalue weighted by Crippen LogP contribution is 2.27. The topological polar surface area (TPSA) is 114 Å². The van der Waals surface area contributed by atoms with Crippen molar-refractivity contribution >= 4 is 15.9 Å². The van der Waals surface area contributed by atoms with Crippen LogP contribution < -0.4 is 10.1 Å². The highest BCUT2D eigenvalue weighted by atomic mass is 32.2. The Morgan fingerprint density at radius 3 is 2.11 bits per heavy atom. The molecule has 46 heavy (non-hydrogen) atoms. The number of sulfonamides is 1. The summed E-state index contributed by atoms with van der Waals surface area (Å²) in [6.07, 6.45) is 11.9. The number of carbonyl (C=O) groups is 1. The molecule has 0 saturated heterocycles. The smallest absolute Gasteiger partial charge is 0.254 e. The van der Waals surface area contributed by atoms with E-state index in [1.807, 2.05) is 60.7 Å². The minimum atomic E-state index is -3.89. The standard InChI is InChI=1S/C36H35N5O4S/c42-36(40-31-9-3-1-4-10-31)30-23-38-35(39-24-30)29-15-13-27(14-16-29)25-41(26-28-8-7-21-37-22-28)46(43,44)34-19-17-33(18-20-34)45-32-11-5-2-6-12-32/h2,5-8,11-24,31H,1,3-4,9-10,25-26H2,(H,40,42). The molecule has 6 rings (SSSR count). The van der Waals surface area contributed by atoms with E-state index in [1.165, 1.54) is 10.7 Å². The number of nitrogens with one attached hydrogen (secondary N) is 1. The van der Waals surface area contributed by atoms with Crippen molar-refractivity contribution in [3.63, 3.8) is 0 Å². The first-order valence-electron chi connectivity index (χ1n) is 15.4. The van der Waals surface area contributed by atoms with Gasteiger partial charge in [0.25, 0.3) is 5.91 Å². The van der Waals surface area contributed by atoms with Gasteiger partial charge in [0.15, 0.2) is 5.82 Å². The number of para-hydroxylation sites is 1. The van der Waals surface area contributed by atoms with E-state index in [0.29, 0.717) is 22.9 Å². The molecule has 1 amide bonds. The molecular formula is C36H35N5O4S. The molecular weight excluding hydrogens is 598 g/mol. The third-order valence-corrected chi connectivity index (χ3v) is 9.75. The SMILES string of the molecule is O=C(NC1CCCCC1)c1cnc(-c2ccc(CN(Cc3cccnc3)S(=O)(=O)c3ccc(Oc4ccccc4)cc3)cc2)nc1. The van der Waals surface area contributed by atoms with Crippen molar-refractivity contribution in [3.05, 3.63) is 132 Å². The van der Waals surface area contributed by atoms with Gasteiger partial charge in [-0.05, 0) is 66.4 Å². The van der Waals surface area contributed by atoms with E-state index >= 15 is 0 Å². The van der Waals surface area contributed by atoms with Gasteiger partial charge >= 0.3 is 0 Å². The largest absolute Gasteiger partial charge is 0.457 e. The van der Waals surface area contributed by atoms with Crippen LogP contribution in [0.5, 0.6) is 11.5 Å². The molecule has 0 atom stereocenters. The highest BCUT2D eigenvalue weighted by molar-refractivity contribution is 7.89. The third-order valence-electron chi connectivity index (χ3n) is 7.95. The molecule has 5 aromatic rings. The van der Waals surface area contributed by atoms with Gasteiger partial charge in [0.1, 0.15) is 11.5 Å². The lowest BCUT2D eigenvalue weighted by Gasteiger charge is -2.23. The van der Waals surface area contributed by atoms with E-state index in [-0.39, 0.29) is 29.9 Å². The van der Waals surface area contributed by atoms with Gasteiger partial charge in [-0.15, -0.1) is 0 Å². The Balaban J connectivity index is 1.16. The lowest BCUT2D eigenvalue weighted by Crippen LogP contribution is -2.36. The number of aromatic nitrogens is 3. The second-order valence-electron chi connectivity index (χ2n) is 11.3. The van der Waals surface area contributed by atoms with Crippen molar-refractivity contribution < 1.29 is 17.9 Å². The van der Waals surface area contributed by atoms with Gasteiger partial charge in [-0.2, -0.15) is 4.31 Å². The van der Waals surface area contributed by atoms with Crippen LogP contribution in [0.1, 0.15) is 53.6 Å². The Morgan fingerprint density at radius 2 is 1.43 bits per heavy atom. The van der Waals surface area contributed by atoms with Crippen molar-refractivity contribution in [1.29, 1.82) is 0 Å². The lowest BCUT2D eigenvalue weighted by atomic mass is 9.95. The summed E-state index contributed by atoms with van der Waals surface area (Å²) in [7, 11) is -3.89. The normalized spacial score (nSPS) is 13.8. The Labute approximate surface area is 269 Å². The third kappa shape index (κ3) is 7.82. The fraction of sp³-hybridized carbons (Fsp3) is 0.222. The van der Waals surface area contributed by atoms with Crippen LogP contribution in [0.2, 0.25) is 0 Å². The van der Waals surface area contributed by atoms with Gasteiger partial charge in [0, 0.05) is 49.5 Å². The zero-order chi connectivity index (χ0) is 31.8. The minimum absolute atomic E-state index is 0.140. The molecule has 234 valence electrons. The Bertz CT molecular complexity index is 1830. The van der Waals surface area contributed by atoms with Crippen LogP contribution in [-0.2, 0) is 23.1 Å². The van der Waals surface area contributed by atoms with Crippen LogP contribution >= 0.6 is 0 Å². The quantitative estimate of drug-likeness (QED) is 0.170. The maximum atomic E-state index is 13.9. The van der Waals surface area contributed by atoms with Gasteiger partial charge in [0.2, 0.25) is 10.0 Å². The van der Waals surface area contributed by atoms with Gasteiger partial charge in [-0.3, -0.25) is 9.78 Å². The van der Waals surface area contributed by atoms with Crippen LogP contribution in [0.3, 0.4) is 0 Å². The molecule has 0 radical (unpaired) electrons. The number of carbonyl (C=O) groups excluding carboxylic acids is 1. The minimum Gasteiger partial charge on any atom is -0.457 e. The summed E-state index contributed by atoms with van der Waals surface area (Å²) in [5.41, 5.74) is 2.76. The summed E-state index contributed by atoms with van der Waals surface area (Å²) in [5.74, 6) is 1.54. The molecule has 10 heteroatoms. The zero-order valence-electron chi connectivity index (χ0n) is 25.3. The Kier molecular flexibility index (Phi) is 9.76. The molecule has 1 aliphatic carbocycles. The number of pyridine rings is 1. The average Bonchev–Trinajstić information content (AvgIpc) is 3.10. The predicted octanol–water partition coefficient (Wildman–Crippen LogP) is 6.78. The van der Waals surface area contributed by atoms with Gasteiger partial charge in [0.05, 0.1) is 10.5 Å². The van der Waals surface area contributed by atoms with Gasteiger partial charge in [-0.25, -0.2) is 18.4 Å². The summed E-state index contributed by atoms with van der Waals surface area (Å²) in [4.78, 5) is 25.8. The number of hydrogen-bond donors (Lipinski definition) is 1. The zero-order valence-corrected chi connectivity index (χ0v) is 26.1. The van der Waals surface area contributed by atoms with Crippen LogP contribution in [0.4, 0.5) is 0 Å². The number of nitrogens with zero attached hydrogens (tertiary/aromatic N) is 4. The number of rotatable bonds is 11. The predicted molar refractivity (Wildman–Crippen MR) is 175 cm³/mol. The molecule has 2 aromatic heterocycles. The molecule has 0 spiro atoms.